The molecule has 0 saturated carbocycles. The molecule has 0 aliphatic heterocycles. The second-order valence-electron chi connectivity index (χ2n) is 11.5. The SMILES string of the molecule is CCC[N+](CC)(CC)CCCCCC[N+](CC)(CCC)CCCCCC[N+](CC)(CC)CCC. The molecule has 0 rings (SSSR count). The molecule has 34 heavy (non-hydrogen) atoms. The van der Waals surface area contributed by atoms with E-state index in [1.807, 2.05) is 0 Å². The van der Waals surface area contributed by atoms with Crippen molar-refractivity contribution in [1.82, 2.24) is 0 Å². The quantitative estimate of drug-likeness (QED) is 0.0912. The van der Waals surface area contributed by atoms with E-state index in [4.69, 9.17) is 0 Å². The Bertz CT molecular complexity index is 406. The molecular formula is C31H70N3+3. The third-order valence-corrected chi connectivity index (χ3v) is 9.48. The first-order valence-electron chi connectivity index (χ1n) is 16.0. The fraction of sp³-hybridized carbons (Fsp3) is 1.00. The van der Waals surface area contributed by atoms with E-state index < -0.39 is 0 Å². The second-order valence-corrected chi connectivity index (χ2v) is 11.5. The van der Waals surface area contributed by atoms with Crippen molar-refractivity contribution in [2.75, 3.05) is 78.5 Å². The first kappa shape index (κ1) is 33.9. The zero-order valence-corrected chi connectivity index (χ0v) is 25.6. The second kappa shape index (κ2) is 20.0. The Morgan fingerprint density at radius 3 is 0.735 bits per heavy atom. The smallest absolute Gasteiger partial charge is 0.0786 e. The number of hydrogen-bond acceptors (Lipinski definition) is 0. The van der Waals surface area contributed by atoms with Gasteiger partial charge in [0.25, 0.3) is 0 Å². The molecule has 0 aromatic rings. The Labute approximate surface area is 218 Å². The molecule has 0 bridgehead atoms. The largest absolute Gasteiger partial charge is 0.324 e. The van der Waals surface area contributed by atoms with E-state index in [1.165, 1.54) is 163 Å². The molecule has 0 heterocycles. The standard InChI is InChI=1S/C31H70N3/c1-9-25-32(12-4,13-5)28-21-17-19-23-30-34(16-8,27-11-3)31-24-20-18-22-29-33(14-6,15-7)26-10-2/h9-31H2,1-8H3/q+3. The van der Waals surface area contributed by atoms with Crippen LogP contribution in [-0.2, 0) is 0 Å². The van der Waals surface area contributed by atoms with Crippen LogP contribution >= 0.6 is 0 Å². The van der Waals surface area contributed by atoms with Crippen LogP contribution in [-0.4, -0.2) is 92.0 Å². The van der Waals surface area contributed by atoms with Gasteiger partial charge in [-0.25, -0.2) is 0 Å². The van der Waals surface area contributed by atoms with Crippen molar-refractivity contribution < 1.29 is 13.4 Å². The molecule has 0 aliphatic rings. The van der Waals surface area contributed by atoms with E-state index in [0.29, 0.717) is 0 Å². The predicted octanol–water partition coefficient (Wildman–Crippen LogP) is 7.89. The maximum atomic E-state index is 2.45. The average Bonchev–Trinajstić information content (AvgIpc) is 2.86. The molecular weight excluding hydrogens is 414 g/mol. The minimum atomic E-state index is 1.31. The van der Waals surface area contributed by atoms with Gasteiger partial charge in [0.2, 0.25) is 0 Å². The Morgan fingerprint density at radius 2 is 0.500 bits per heavy atom. The highest BCUT2D eigenvalue weighted by Crippen LogP contribution is 2.18. The lowest BCUT2D eigenvalue weighted by atomic mass is 10.1. The Balaban J connectivity index is 4.37. The van der Waals surface area contributed by atoms with Gasteiger partial charge in [-0.05, 0) is 105 Å². The van der Waals surface area contributed by atoms with Crippen molar-refractivity contribution in [2.45, 2.75) is 126 Å². The predicted molar refractivity (Wildman–Crippen MR) is 155 cm³/mol. The molecule has 0 amide bonds. The molecule has 0 aromatic heterocycles. The van der Waals surface area contributed by atoms with Gasteiger partial charge in [-0.3, -0.25) is 0 Å². The van der Waals surface area contributed by atoms with Crippen molar-refractivity contribution in [2.24, 2.45) is 0 Å². The van der Waals surface area contributed by atoms with E-state index in [1.54, 1.807) is 0 Å². The number of unbranched alkanes of at least 4 members (excludes halogenated alkanes) is 6. The summed E-state index contributed by atoms with van der Waals surface area (Å²) in [6.45, 7) is 35.5. The molecule has 0 unspecified atom stereocenters. The summed E-state index contributed by atoms with van der Waals surface area (Å²) in [5.74, 6) is 0. The van der Waals surface area contributed by atoms with Crippen LogP contribution in [0.5, 0.6) is 0 Å². The van der Waals surface area contributed by atoms with Gasteiger partial charge in [0.1, 0.15) is 0 Å². The fourth-order valence-electron chi connectivity index (χ4n) is 6.66. The summed E-state index contributed by atoms with van der Waals surface area (Å²) in [5.41, 5.74) is 0. The minimum absolute atomic E-state index is 1.31. The average molecular weight is 485 g/mol. The van der Waals surface area contributed by atoms with Crippen LogP contribution in [0.3, 0.4) is 0 Å². The Kier molecular flexibility index (Phi) is 19.9. The molecule has 206 valence electrons. The van der Waals surface area contributed by atoms with Crippen LogP contribution in [0.15, 0.2) is 0 Å². The van der Waals surface area contributed by atoms with E-state index >= 15 is 0 Å². The fourth-order valence-corrected chi connectivity index (χ4v) is 6.66. The molecule has 0 aliphatic carbocycles. The van der Waals surface area contributed by atoms with Crippen LogP contribution in [0.2, 0.25) is 0 Å². The van der Waals surface area contributed by atoms with Crippen LogP contribution in [0, 0.1) is 0 Å². The topological polar surface area (TPSA) is 0 Å². The highest BCUT2D eigenvalue weighted by Gasteiger charge is 2.25. The van der Waals surface area contributed by atoms with E-state index in [0.717, 1.165) is 0 Å². The maximum Gasteiger partial charge on any atom is 0.0786 e. The van der Waals surface area contributed by atoms with E-state index in [2.05, 4.69) is 55.4 Å². The molecule has 0 N–H and O–H groups in total. The normalized spacial score (nSPS) is 13.1. The van der Waals surface area contributed by atoms with Gasteiger partial charge in [0.05, 0.1) is 78.5 Å². The van der Waals surface area contributed by atoms with Gasteiger partial charge in [-0.1, -0.05) is 20.8 Å². The summed E-state index contributed by atoms with van der Waals surface area (Å²) in [6.07, 6.45) is 15.5. The maximum absolute atomic E-state index is 2.45. The van der Waals surface area contributed by atoms with Crippen molar-refractivity contribution >= 4 is 0 Å². The van der Waals surface area contributed by atoms with Gasteiger partial charge < -0.3 is 13.4 Å². The Hall–Kier alpha value is -0.120. The zero-order chi connectivity index (χ0) is 25.8. The number of rotatable bonds is 25. The number of hydrogen-bond donors (Lipinski definition) is 0. The zero-order valence-electron chi connectivity index (χ0n) is 25.6. The lowest BCUT2D eigenvalue weighted by molar-refractivity contribution is -0.927. The molecule has 0 fully saturated rings. The van der Waals surface area contributed by atoms with Gasteiger partial charge in [-0.2, -0.15) is 0 Å². The monoisotopic (exact) mass is 485 g/mol. The lowest BCUT2D eigenvalue weighted by Gasteiger charge is -2.38. The van der Waals surface area contributed by atoms with Crippen molar-refractivity contribution in [3.8, 4) is 0 Å². The molecule has 0 aromatic carbocycles. The van der Waals surface area contributed by atoms with Gasteiger partial charge in [-0.15, -0.1) is 0 Å². The highest BCUT2D eigenvalue weighted by atomic mass is 15.4. The highest BCUT2D eigenvalue weighted by molar-refractivity contribution is 4.52. The summed E-state index contributed by atoms with van der Waals surface area (Å²) in [7, 11) is 0. The van der Waals surface area contributed by atoms with Gasteiger partial charge >= 0.3 is 0 Å². The third-order valence-electron chi connectivity index (χ3n) is 9.48. The van der Waals surface area contributed by atoms with E-state index in [-0.39, 0.29) is 0 Å². The summed E-state index contributed by atoms with van der Waals surface area (Å²) in [5, 5.41) is 0. The van der Waals surface area contributed by atoms with E-state index in [9.17, 15) is 0 Å². The first-order valence-corrected chi connectivity index (χ1v) is 16.0. The van der Waals surface area contributed by atoms with Crippen molar-refractivity contribution in [3.63, 3.8) is 0 Å². The number of quaternary nitrogens is 3. The minimum Gasteiger partial charge on any atom is -0.324 e. The first-order chi connectivity index (χ1) is 16.4. The van der Waals surface area contributed by atoms with Crippen LogP contribution in [0.4, 0.5) is 0 Å². The molecule has 0 spiro atoms. The van der Waals surface area contributed by atoms with Crippen molar-refractivity contribution in [1.29, 1.82) is 0 Å². The molecule has 0 saturated heterocycles. The Morgan fingerprint density at radius 1 is 0.265 bits per heavy atom. The third kappa shape index (κ3) is 12.7. The molecule has 3 heteroatoms. The lowest BCUT2D eigenvalue weighted by Crippen LogP contribution is -2.50. The van der Waals surface area contributed by atoms with Gasteiger partial charge in [0, 0.05) is 0 Å². The molecule has 0 radical (unpaired) electrons. The summed E-state index contributed by atoms with van der Waals surface area (Å²) < 4.78 is 4.07. The number of nitrogens with zero attached hydrogens (tertiary/aromatic N) is 3. The van der Waals surface area contributed by atoms with Crippen LogP contribution in [0.25, 0.3) is 0 Å². The van der Waals surface area contributed by atoms with Gasteiger partial charge in [0.15, 0.2) is 0 Å². The van der Waals surface area contributed by atoms with Crippen LogP contribution in [0.1, 0.15) is 126 Å². The van der Waals surface area contributed by atoms with Crippen LogP contribution < -0.4 is 0 Å². The summed E-state index contributed by atoms with van der Waals surface area (Å²) in [6, 6.07) is 0. The summed E-state index contributed by atoms with van der Waals surface area (Å²) >= 11 is 0. The molecule has 3 nitrogen and oxygen atoms in total. The summed E-state index contributed by atoms with van der Waals surface area (Å²) in [4.78, 5) is 0. The molecule has 0 atom stereocenters. The van der Waals surface area contributed by atoms with Crippen molar-refractivity contribution in [3.05, 3.63) is 0 Å².